The summed E-state index contributed by atoms with van der Waals surface area (Å²) < 4.78 is 28.2. The number of sulfonamides is 1. The highest BCUT2D eigenvalue weighted by Crippen LogP contribution is 2.25. The number of hydrogen-bond donors (Lipinski definition) is 1. The largest absolute Gasteiger partial charge is 0.337 e. The van der Waals surface area contributed by atoms with Gasteiger partial charge in [-0.3, -0.25) is 0 Å². The topological polar surface area (TPSA) is 81.2 Å². The van der Waals surface area contributed by atoms with Gasteiger partial charge in [0.05, 0.1) is 0 Å². The van der Waals surface area contributed by atoms with E-state index >= 15 is 0 Å². The number of nitrogens with two attached hydrogens (primary N) is 1. The molecule has 0 atom stereocenters. The average Bonchev–Trinajstić information content (AvgIpc) is 2.70. The average molecular weight is 286 g/mol. The van der Waals surface area contributed by atoms with Crippen LogP contribution in [0.5, 0.6) is 0 Å². The molecule has 0 bridgehead atoms. The van der Waals surface area contributed by atoms with Gasteiger partial charge in [0.15, 0.2) is 5.03 Å². The third kappa shape index (κ3) is 2.82. The molecule has 1 aromatic rings. The zero-order valence-corrected chi connectivity index (χ0v) is 12.5. The summed E-state index contributed by atoms with van der Waals surface area (Å²) in [6.07, 6.45) is 4.97. The molecule has 0 spiro atoms. The molecule has 6 nitrogen and oxygen atoms in total. The van der Waals surface area contributed by atoms with Crippen molar-refractivity contribution >= 4 is 10.0 Å². The fraction of sp³-hybridized carbons (Fsp3) is 0.750. The SMILES string of the molecule is Cc1nc(S(=O)(=O)N(C)C2CCC(N)CC2)cn1C. The first kappa shape index (κ1) is 14.5. The van der Waals surface area contributed by atoms with Gasteiger partial charge in [0.25, 0.3) is 10.0 Å². The van der Waals surface area contributed by atoms with E-state index in [1.807, 2.05) is 0 Å². The van der Waals surface area contributed by atoms with Gasteiger partial charge in [-0.15, -0.1) is 0 Å². The standard InChI is InChI=1S/C12H22N4O2S/c1-9-14-12(8-15(9)2)19(17,18)16(3)11-6-4-10(13)5-7-11/h8,10-11H,4-7,13H2,1-3H3. The fourth-order valence-electron chi connectivity index (χ4n) is 2.46. The maximum atomic E-state index is 12.5. The second-order valence-electron chi connectivity index (χ2n) is 5.33. The van der Waals surface area contributed by atoms with E-state index in [1.165, 1.54) is 4.31 Å². The van der Waals surface area contributed by atoms with Gasteiger partial charge in [-0.25, -0.2) is 13.4 Å². The minimum absolute atomic E-state index is 0.0344. The molecule has 19 heavy (non-hydrogen) atoms. The summed E-state index contributed by atoms with van der Waals surface area (Å²) in [5.41, 5.74) is 5.86. The second-order valence-corrected chi connectivity index (χ2v) is 7.27. The summed E-state index contributed by atoms with van der Waals surface area (Å²) >= 11 is 0. The molecule has 1 heterocycles. The van der Waals surface area contributed by atoms with Crippen molar-refractivity contribution in [2.75, 3.05) is 7.05 Å². The van der Waals surface area contributed by atoms with Crippen molar-refractivity contribution in [2.45, 2.75) is 49.7 Å². The number of aryl methyl sites for hydroxylation is 2. The highest BCUT2D eigenvalue weighted by Gasteiger charge is 2.32. The Morgan fingerprint density at radius 3 is 2.42 bits per heavy atom. The first-order valence-corrected chi connectivity index (χ1v) is 8.00. The summed E-state index contributed by atoms with van der Waals surface area (Å²) in [5.74, 6) is 0.692. The molecule has 1 aromatic heterocycles. The predicted octanol–water partition coefficient (Wildman–Crippen LogP) is 0.619. The van der Waals surface area contributed by atoms with Gasteiger partial charge in [-0.05, 0) is 32.6 Å². The minimum Gasteiger partial charge on any atom is -0.337 e. The maximum Gasteiger partial charge on any atom is 0.262 e. The van der Waals surface area contributed by atoms with E-state index in [9.17, 15) is 8.42 Å². The van der Waals surface area contributed by atoms with E-state index < -0.39 is 10.0 Å². The highest BCUT2D eigenvalue weighted by atomic mass is 32.2. The number of imidazole rings is 1. The number of aromatic nitrogens is 2. The molecule has 1 aliphatic rings. The van der Waals surface area contributed by atoms with Crippen LogP contribution in [0.4, 0.5) is 0 Å². The number of rotatable bonds is 3. The van der Waals surface area contributed by atoms with Crippen molar-refractivity contribution in [1.82, 2.24) is 13.9 Å². The van der Waals surface area contributed by atoms with Gasteiger partial charge >= 0.3 is 0 Å². The summed E-state index contributed by atoms with van der Waals surface area (Å²) in [6, 6.07) is 0.247. The van der Waals surface area contributed by atoms with Crippen LogP contribution in [0.25, 0.3) is 0 Å². The van der Waals surface area contributed by atoms with Crippen molar-refractivity contribution in [1.29, 1.82) is 0 Å². The zero-order valence-electron chi connectivity index (χ0n) is 11.7. The molecule has 7 heteroatoms. The molecule has 1 aliphatic carbocycles. The summed E-state index contributed by atoms with van der Waals surface area (Å²) in [5, 5.41) is 0.130. The van der Waals surface area contributed by atoms with E-state index in [2.05, 4.69) is 4.98 Å². The fourth-order valence-corrected chi connectivity index (χ4v) is 3.90. The monoisotopic (exact) mass is 286 g/mol. The van der Waals surface area contributed by atoms with Crippen LogP contribution in [-0.2, 0) is 17.1 Å². The Kier molecular flexibility index (Phi) is 3.98. The first-order chi connectivity index (χ1) is 8.82. The molecule has 0 aliphatic heterocycles. The Labute approximate surface area is 114 Å². The Morgan fingerprint density at radius 1 is 1.37 bits per heavy atom. The molecule has 0 unspecified atom stereocenters. The first-order valence-electron chi connectivity index (χ1n) is 6.56. The van der Waals surface area contributed by atoms with E-state index in [0.717, 1.165) is 25.7 Å². The van der Waals surface area contributed by atoms with E-state index in [1.54, 1.807) is 31.8 Å². The van der Waals surface area contributed by atoms with E-state index in [0.29, 0.717) is 5.82 Å². The molecule has 1 saturated carbocycles. The summed E-state index contributed by atoms with van der Waals surface area (Å²) in [4.78, 5) is 4.12. The van der Waals surface area contributed by atoms with Crippen LogP contribution in [0.2, 0.25) is 0 Å². The lowest BCUT2D eigenvalue weighted by atomic mass is 9.92. The van der Waals surface area contributed by atoms with Gasteiger partial charge in [-0.1, -0.05) is 0 Å². The van der Waals surface area contributed by atoms with Crippen LogP contribution >= 0.6 is 0 Å². The molecule has 108 valence electrons. The molecule has 0 saturated heterocycles. The van der Waals surface area contributed by atoms with Crippen LogP contribution in [0.1, 0.15) is 31.5 Å². The molecular weight excluding hydrogens is 264 g/mol. The Bertz CT molecular complexity index is 525. The van der Waals surface area contributed by atoms with E-state index in [-0.39, 0.29) is 17.1 Å². The summed E-state index contributed by atoms with van der Waals surface area (Å²) in [7, 11) is -0.0648. The number of nitrogens with zero attached hydrogens (tertiary/aromatic N) is 3. The third-order valence-corrected chi connectivity index (χ3v) is 5.77. The lowest BCUT2D eigenvalue weighted by molar-refractivity contribution is 0.268. The van der Waals surface area contributed by atoms with Gasteiger partial charge in [0.1, 0.15) is 5.82 Å². The van der Waals surface area contributed by atoms with Crippen LogP contribution in [0.3, 0.4) is 0 Å². The molecule has 2 rings (SSSR count). The third-order valence-electron chi connectivity index (χ3n) is 3.99. The Morgan fingerprint density at radius 2 is 1.95 bits per heavy atom. The molecule has 0 amide bonds. The van der Waals surface area contributed by atoms with Crippen molar-refractivity contribution in [3.63, 3.8) is 0 Å². The van der Waals surface area contributed by atoms with Crippen molar-refractivity contribution in [2.24, 2.45) is 12.8 Å². The predicted molar refractivity (Wildman–Crippen MR) is 73.1 cm³/mol. The van der Waals surface area contributed by atoms with Crippen LogP contribution in [-0.4, -0.2) is 41.4 Å². The van der Waals surface area contributed by atoms with Gasteiger partial charge in [-0.2, -0.15) is 4.31 Å². The Balaban J connectivity index is 2.19. The van der Waals surface area contributed by atoms with Gasteiger partial charge in [0, 0.05) is 32.4 Å². The Hall–Kier alpha value is -0.920. The molecule has 2 N–H and O–H groups in total. The molecular formula is C12H22N4O2S. The van der Waals surface area contributed by atoms with Gasteiger partial charge in [0.2, 0.25) is 0 Å². The minimum atomic E-state index is -3.50. The zero-order chi connectivity index (χ0) is 14.2. The van der Waals surface area contributed by atoms with Gasteiger partial charge < -0.3 is 10.3 Å². The number of hydrogen-bond acceptors (Lipinski definition) is 4. The van der Waals surface area contributed by atoms with Crippen molar-refractivity contribution < 1.29 is 8.42 Å². The molecule has 1 fully saturated rings. The normalized spacial score (nSPS) is 24.9. The quantitative estimate of drug-likeness (QED) is 0.883. The summed E-state index contributed by atoms with van der Waals surface area (Å²) in [6.45, 7) is 1.79. The smallest absolute Gasteiger partial charge is 0.262 e. The van der Waals surface area contributed by atoms with Crippen molar-refractivity contribution in [3.05, 3.63) is 12.0 Å². The second kappa shape index (κ2) is 5.22. The van der Waals surface area contributed by atoms with Crippen molar-refractivity contribution in [3.8, 4) is 0 Å². The molecule has 0 aromatic carbocycles. The maximum absolute atomic E-state index is 12.5. The van der Waals surface area contributed by atoms with Crippen LogP contribution in [0, 0.1) is 6.92 Å². The lowest BCUT2D eigenvalue weighted by Crippen LogP contribution is -2.41. The molecule has 0 radical (unpaired) electrons. The lowest BCUT2D eigenvalue weighted by Gasteiger charge is -2.32. The van der Waals surface area contributed by atoms with E-state index in [4.69, 9.17) is 5.73 Å². The highest BCUT2D eigenvalue weighted by molar-refractivity contribution is 7.89. The van der Waals surface area contributed by atoms with Crippen LogP contribution < -0.4 is 5.73 Å². The van der Waals surface area contributed by atoms with Crippen LogP contribution in [0.15, 0.2) is 11.2 Å².